The van der Waals surface area contributed by atoms with Gasteiger partial charge in [-0.2, -0.15) is 15.0 Å². The van der Waals surface area contributed by atoms with Crippen LogP contribution in [0.3, 0.4) is 0 Å². The molecule has 0 spiro atoms. The normalized spacial score (nSPS) is 17.9. The number of nitrogens with two attached hydrogens (primary N) is 1. The van der Waals surface area contributed by atoms with Crippen molar-refractivity contribution in [3.8, 4) is 11.4 Å². The fourth-order valence-corrected chi connectivity index (χ4v) is 6.18. The molecule has 14 nitrogen and oxygen atoms in total. The van der Waals surface area contributed by atoms with Gasteiger partial charge in [0.1, 0.15) is 11.5 Å². The van der Waals surface area contributed by atoms with Gasteiger partial charge in [-0.05, 0) is 25.2 Å². The molecule has 3 saturated heterocycles. The Labute approximate surface area is 273 Å². The average Bonchev–Trinajstić information content (AvgIpc) is 3.08. The van der Waals surface area contributed by atoms with Gasteiger partial charge in [-0.25, -0.2) is 18.7 Å². The van der Waals surface area contributed by atoms with E-state index in [-0.39, 0.29) is 40.9 Å². The van der Waals surface area contributed by atoms with Crippen molar-refractivity contribution < 1.29 is 27.9 Å². The van der Waals surface area contributed by atoms with E-state index < -0.39 is 12.1 Å². The molecule has 5 rings (SSSR count). The number of hydrogen-bond donors (Lipinski definition) is 1. The average molecular weight is 659 g/mol. The van der Waals surface area contributed by atoms with Crippen LogP contribution in [0, 0.1) is 11.8 Å². The molecule has 0 aromatic carbocycles. The molecule has 5 heterocycles. The van der Waals surface area contributed by atoms with Gasteiger partial charge < -0.3 is 30.1 Å². The highest BCUT2D eigenvalue weighted by atomic mass is 19.3. The molecule has 3 aliphatic rings. The van der Waals surface area contributed by atoms with Gasteiger partial charge in [0.25, 0.3) is 6.43 Å². The van der Waals surface area contributed by atoms with Gasteiger partial charge >= 0.3 is 0 Å². The number of alkyl halides is 2. The van der Waals surface area contributed by atoms with Crippen molar-refractivity contribution in [1.29, 1.82) is 0 Å². The maximum Gasteiger partial charge on any atom is 0.281 e. The minimum atomic E-state index is -2.91. The number of Topliss-reactive ketones (excluding diaryl/α,β-unsaturated/α-hetero) is 1. The number of halogens is 2. The van der Waals surface area contributed by atoms with Crippen LogP contribution in [0.25, 0.3) is 11.4 Å². The Hall–Kier alpha value is -4.08. The van der Waals surface area contributed by atoms with Crippen molar-refractivity contribution in [2.75, 3.05) is 81.1 Å². The van der Waals surface area contributed by atoms with Crippen LogP contribution in [0.5, 0.6) is 0 Å². The summed E-state index contributed by atoms with van der Waals surface area (Å²) in [5.41, 5.74) is 5.01. The summed E-state index contributed by atoms with van der Waals surface area (Å²) < 4.78 is 33.3. The molecule has 2 amide bonds. The summed E-state index contributed by atoms with van der Waals surface area (Å²) in [6.45, 7) is 8.91. The van der Waals surface area contributed by atoms with Crippen molar-refractivity contribution in [1.82, 2.24) is 34.7 Å². The molecule has 0 aliphatic carbocycles. The molecular formula is C31H44F2N10O4. The van der Waals surface area contributed by atoms with Crippen LogP contribution in [-0.2, 0) is 19.1 Å². The molecule has 3 fully saturated rings. The van der Waals surface area contributed by atoms with E-state index >= 15 is 0 Å². The first kappa shape index (κ1) is 34.3. The summed E-state index contributed by atoms with van der Waals surface area (Å²) in [6.07, 6.45) is 1.39. The van der Waals surface area contributed by atoms with E-state index in [4.69, 9.17) is 10.5 Å². The number of aromatic nitrogens is 5. The molecule has 3 aliphatic heterocycles. The number of rotatable bonds is 11. The van der Waals surface area contributed by atoms with E-state index in [1.165, 1.54) is 6.20 Å². The number of anilines is 3. The van der Waals surface area contributed by atoms with E-state index in [9.17, 15) is 23.2 Å². The summed E-state index contributed by atoms with van der Waals surface area (Å²) >= 11 is 0. The standard InChI is InChI=1S/C31H44F2N10O4/c1-20(2)18-22(44)4-3-5-24(45)40-8-6-21(7-9-40)28(46)41-10-12-42(13-11-41)30-37-27(23-19-35-29(34)36-25(23)26(32)33)38-31(39-30)43-14-16-47-17-15-43/h19-21,26H,3-18H2,1-2H3,(H2,34,35,36). The lowest BCUT2D eigenvalue weighted by Gasteiger charge is -2.38. The van der Waals surface area contributed by atoms with Crippen molar-refractivity contribution in [3.63, 3.8) is 0 Å². The molecule has 256 valence electrons. The number of piperidine rings is 1. The summed E-state index contributed by atoms with van der Waals surface area (Å²) in [5.74, 6) is 0.885. The van der Waals surface area contributed by atoms with Crippen molar-refractivity contribution in [2.45, 2.75) is 58.8 Å². The minimum absolute atomic E-state index is 0.0220. The van der Waals surface area contributed by atoms with E-state index in [0.717, 1.165) is 0 Å². The van der Waals surface area contributed by atoms with Gasteiger partial charge in [0, 0.05) is 83.7 Å². The Kier molecular flexibility index (Phi) is 11.4. The highest BCUT2D eigenvalue weighted by Crippen LogP contribution is 2.30. The highest BCUT2D eigenvalue weighted by molar-refractivity contribution is 5.81. The van der Waals surface area contributed by atoms with Gasteiger partial charge in [0.15, 0.2) is 5.82 Å². The Morgan fingerprint density at radius 3 is 2.13 bits per heavy atom. The zero-order chi connectivity index (χ0) is 33.5. The number of ether oxygens (including phenoxy) is 1. The van der Waals surface area contributed by atoms with Crippen molar-refractivity contribution in [2.24, 2.45) is 11.8 Å². The van der Waals surface area contributed by atoms with Crippen LogP contribution in [0.4, 0.5) is 26.6 Å². The quantitative estimate of drug-likeness (QED) is 0.376. The lowest BCUT2D eigenvalue weighted by molar-refractivity contribution is -0.141. The second-order valence-corrected chi connectivity index (χ2v) is 12.6. The number of amides is 2. The highest BCUT2D eigenvalue weighted by Gasteiger charge is 2.33. The Balaban J connectivity index is 1.19. The second-order valence-electron chi connectivity index (χ2n) is 12.6. The fourth-order valence-electron chi connectivity index (χ4n) is 6.18. The molecule has 0 saturated carbocycles. The van der Waals surface area contributed by atoms with Crippen LogP contribution in [0.15, 0.2) is 6.20 Å². The molecule has 16 heteroatoms. The van der Waals surface area contributed by atoms with E-state index in [2.05, 4.69) is 24.9 Å². The maximum absolute atomic E-state index is 13.9. The third kappa shape index (κ3) is 8.84. The molecule has 0 atom stereocenters. The molecule has 2 N–H and O–H groups in total. The lowest BCUT2D eigenvalue weighted by Crippen LogP contribution is -2.52. The van der Waals surface area contributed by atoms with Crippen LogP contribution < -0.4 is 15.5 Å². The van der Waals surface area contributed by atoms with E-state index in [1.54, 1.807) is 0 Å². The largest absolute Gasteiger partial charge is 0.378 e. The summed E-state index contributed by atoms with van der Waals surface area (Å²) in [5, 5.41) is 0. The lowest BCUT2D eigenvalue weighted by atomic mass is 9.94. The first-order valence-electron chi connectivity index (χ1n) is 16.4. The minimum Gasteiger partial charge on any atom is -0.378 e. The Morgan fingerprint density at radius 2 is 1.51 bits per heavy atom. The third-order valence-electron chi connectivity index (χ3n) is 8.74. The summed E-state index contributed by atoms with van der Waals surface area (Å²) in [4.78, 5) is 67.0. The maximum atomic E-state index is 13.9. The number of morpholine rings is 1. The van der Waals surface area contributed by atoms with Crippen molar-refractivity contribution >= 4 is 35.4 Å². The molecular weight excluding hydrogens is 614 g/mol. The molecule has 0 radical (unpaired) electrons. The molecule has 47 heavy (non-hydrogen) atoms. The van der Waals surface area contributed by atoms with E-state index in [1.807, 2.05) is 33.4 Å². The Morgan fingerprint density at radius 1 is 0.872 bits per heavy atom. The first-order valence-corrected chi connectivity index (χ1v) is 16.4. The van der Waals surface area contributed by atoms with Crippen LogP contribution in [-0.4, -0.2) is 118 Å². The number of likely N-dealkylation sites (tertiary alicyclic amines) is 1. The number of ketones is 1. The number of nitrogen functional groups attached to an aromatic ring is 1. The summed E-state index contributed by atoms with van der Waals surface area (Å²) in [6, 6.07) is 0. The predicted molar refractivity (Wildman–Crippen MR) is 170 cm³/mol. The predicted octanol–water partition coefficient (Wildman–Crippen LogP) is 2.36. The number of piperazine rings is 1. The second kappa shape index (κ2) is 15.7. The number of nitrogens with zero attached hydrogens (tertiary/aromatic N) is 9. The van der Waals surface area contributed by atoms with Gasteiger partial charge in [-0.3, -0.25) is 14.4 Å². The summed E-state index contributed by atoms with van der Waals surface area (Å²) in [7, 11) is 0. The number of carbonyl (C=O) groups excluding carboxylic acids is 3. The van der Waals surface area contributed by atoms with Crippen LogP contribution in [0.1, 0.15) is 64.5 Å². The van der Waals surface area contributed by atoms with Gasteiger partial charge in [0.2, 0.25) is 29.7 Å². The van der Waals surface area contributed by atoms with Crippen LogP contribution in [0.2, 0.25) is 0 Å². The SMILES string of the molecule is CC(C)CC(=O)CCCC(=O)N1CCC(C(=O)N2CCN(c3nc(-c4cnc(N)nc4C(F)F)nc(N4CCOCC4)n3)CC2)CC1. The Bertz CT molecular complexity index is 1410. The van der Waals surface area contributed by atoms with Crippen LogP contribution >= 0.6 is 0 Å². The van der Waals surface area contributed by atoms with E-state index in [0.29, 0.717) is 122 Å². The number of hydrogen-bond acceptors (Lipinski definition) is 12. The molecule has 2 aromatic rings. The van der Waals surface area contributed by atoms with Gasteiger partial charge in [-0.1, -0.05) is 13.8 Å². The zero-order valence-electron chi connectivity index (χ0n) is 27.1. The molecule has 2 aromatic heterocycles. The zero-order valence-corrected chi connectivity index (χ0v) is 27.1. The van der Waals surface area contributed by atoms with Crippen molar-refractivity contribution in [3.05, 3.63) is 11.9 Å². The molecule has 0 unspecified atom stereocenters. The smallest absolute Gasteiger partial charge is 0.281 e. The van der Waals surface area contributed by atoms with Gasteiger partial charge in [-0.15, -0.1) is 0 Å². The fraction of sp³-hybridized carbons (Fsp3) is 0.677. The van der Waals surface area contributed by atoms with Gasteiger partial charge in [0.05, 0.1) is 18.8 Å². The monoisotopic (exact) mass is 658 g/mol. The first-order chi connectivity index (χ1) is 22.6. The molecule has 0 bridgehead atoms. The number of carbonyl (C=O) groups is 3. The topological polar surface area (TPSA) is 164 Å². The third-order valence-corrected chi connectivity index (χ3v) is 8.74.